The second kappa shape index (κ2) is 33.7. The molecular weight excluding hydrogens is 1530 g/mol. The van der Waals surface area contributed by atoms with E-state index in [1.165, 1.54) is 216 Å². The van der Waals surface area contributed by atoms with Crippen LogP contribution in [-0.2, 0) is 57.8 Å². The van der Waals surface area contributed by atoms with Crippen molar-refractivity contribution >= 4 is 69.3 Å². The summed E-state index contributed by atoms with van der Waals surface area (Å²) in [4.78, 5) is 0. The lowest BCUT2D eigenvalue weighted by molar-refractivity contribution is 0.458. The Balaban J connectivity index is 0.000000113. The molecule has 126 heavy (non-hydrogen) atoms. The summed E-state index contributed by atoms with van der Waals surface area (Å²) in [6.07, 6.45) is 8.40. The molecule has 15 aromatic carbocycles. The van der Waals surface area contributed by atoms with E-state index in [4.69, 9.17) is 28.4 Å². The summed E-state index contributed by atoms with van der Waals surface area (Å²) in [6, 6.07) is 86.9. The van der Waals surface area contributed by atoms with E-state index in [2.05, 4.69) is 237 Å². The van der Waals surface area contributed by atoms with Crippen LogP contribution >= 0.6 is 0 Å². The maximum absolute atomic E-state index is 7.17. The molecule has 15 aliphatic rings. The van der Waals surface area contributed by atoms with Gasteiger partial charge >= 0.3 is 0 Å². The van der Waals surface area contributed by atoms with Crippen molar-refractivity contribution in [3.8, 4) is 136 Å². The van der Waals surface area contributed by atoms with Crippen LogP contribution in [0.4, 0.5) is 0 Å². The van der Waals surface area contributed by atoms with Crippen LogP contribution in [0, 0.1) is 0 Å². The molecule has 0 saturated carbocycles. The molecule has 0 N–H and O–H groups in total. The Morgan fingerprint density at radius 3 is 0.754 bits per heavy atom. The van der Waals surface area contributed by atoms with Crippen LogP contribution in [0.15, 0.2) is 237 Å². The van der Waals surface area contributed by atoms with Gasteiger partial charge in [-0.3, -0.25) is 0 Å². The van der Waals surface area contributed by atoms with Crippen molar-refractivity contribution in [2.75, 3.05) is 0 Å². The van der Waals surface area contributed by atoms with Gasteiger partial charge in [0, 0.05) is 69.0 Å². The molecule has 9 heteroatoms. The van der Waals surface area contributed by atoms with Crippen molar-refractivity contribution in [2.24, 2.45) is 0 Å². The highest BCUT2D eigenvalue weighted by atomic mass is 16.5. The molecule has 0 bridgehead atoms. The third-order valence-corrected chi connectivity index (χ3v) is 27.1. The quantitative estimate of drug-likeness (QED) is 0.141. The zero-order valence-electron chi connectivity index (χ0n) is 76.6. The Kier molecular flexibility index (Phi) is 22.1. The molecule has 9 heterocycles. The number of hydrogen-bond donors (Lipinski definition) is 0. The molecule has 0 aromatic heterocycles. The predicted molar refractivity (Wildman–Crippen MR) is 532 cm³/mol. The highest BCUT2D eigenvalue weighted by Crippen LogP contribution is 2.57. The van der Waals surface area contributed by atoms with E-state index < -0.39 is 0 Å². The fourth-order valence-corrected chi connectivity index (χ4v) is 22.9. The van der Waals surface area contributed by atoms with Crippen LogP contribution in [0.3, 0.4) is 0 Å². The SMILES string of the molecule is CC.CC.CC.CC.CC.CC.CC.CC.CC.c1ccc2c(c1)Cc1c-2cc2c3c1Oc1c4c(cc5c1-c1ccccc1C5)Cc1cccc(c1B43)O2.c1ccc2c(c1)Cc1c-2cc2c3c1Oc1c4c(cc5c1B3c1c(cccc1O5)C2)-c1ccccc1C4.c1ccc2c(c1)Cc1cc3c4c(c1-2)Oc1c2c(cc5c1-c1ccccc1C5)Oc1cccc(c1B42)C3. The number of fused-ring (bicyclic) bond motifs is 24. The summed E-state index contributed by atoms with van der Waals surface area (Å²) in [6.45, 7) is 36.5. The second-order valence-corrected chi connectivity index (χ2v) is 32.3. The molecule has 6 nitrogen and oxygen atoms in total. The summed E-state index contributed by atoms with van der Waals surface area (Å²) in [7, 11) is 0. The zero-order valence-corrected chi connectivity index (χ0v) is 76.6. The molecule has 9 aliphatic heterocycles. The van der Waals surface area contributed by atoms with E-state index in [1.807, 2.05) is 125 Å². The highest BCUT2D eigenvalue weighted by molar-refractivity contribution is 7.01. The summed E-state index contributed by atoms with van der Waals surface area (Å²) in [5.41, 5.74) is 52.1. The van der Waals surface area contributed by atoms with Gasteiger partial charge in [-0.05, 0) is 241 Å². The van der Waals surface area contributed by atoms with Crippen LogP contribution < -0.4 is 77.6 Å². The lowest BCUT2D eigenvalue weighted by atomic mass is 9.31. The number of hydrogen-bond acceptors (Lipinski definition) is 6. The molecule has 6 aliphatic carbocycles. The summed E-state index contributed by atoms with van der Waals surface area (Å²) >= 11 is 0. The van der Waals surface area contributed by atoms with Crippen LogP contribution in [-0.4, -0.2) is 20.1 Å². The lowest BCUT2D eigenvalue weighted by Gasteiger charge is -2.39. The molecule has 15 aromatic rings. The van der Waals surface area contributed by atoms with E-state index >= 15 is 0 Å². The number of rotatable bonds is 0. The van der Waals surface area contributed by atoms with Crippen molar-refractivity contribution < 1.29 is 28.4 Å². The molecule has 0 atom stereocenters. The standard InChI is InChI=1S/3C33H19BO2.9C2H6/c1-3-9-22-18(7-1)15-25-24(22)16-27-31-32(25)36-33-28-20(12-17-6-2-4-10-23(17)28)14-21-13-19-8-5-11-26(35-27)29(19)34(31)30(21)33;1-3-9-21-17(6-1)13-25-23(21)15-20-12-19-8-5-11-27-29(19)34-30(20)32(25)36-33-26-14-18-7-2-4-10-22(18)24(26)16-28(35-27)31(33)34;1-3-9-23-17(6-1)12-20-15-22-14-19-8-5-11-25-29(19)34-30(22)32(27(20)23)36-33-28-21(16-26(35-25)31(33)34)13-18-7-2-4-10-24(18)28;9*1-2/h1-11,14,16H,12-13,15H2;2*1-11,15-16H,12-14H2;9*1-2H3. The van der Waals surface area contributed by atoms with Crippen molar-refractivity contribution in [3.63, 3.8) is 0 Å². The summed E-state index contributed by atoms with van der Waals surface area (Å²) < 4.78 is 41.4. The largest absolute Gasteiger partial charge is 0.458 e. The van der Waals surface area contributed by atoms with E-state index in [1.54, 1.807) is 0 Å². The van der Waals surface area contributed by atoms with Gasteiger partial charge < -0.3 is 28.4 Å². The average molecular weight is 1650 g/mol. The monoisotopic (exact) mass is 1640 g/mol. The first-order valence-electron chi connectivity index (χ1n) is 47.6. The topological polar surface area (TPSA) is 55.4 Å². The normalized spacial score (nSPS) is 13.5. The average Bonchev–Trinajstić information content (AvgIpc) is 1.41. The van der Waals surface area contributed by atoms with Crippen molar-refractivity contribution in [1.82, 2.24) is 0 Å². The Hall–Kier alpha value is -12.7. The first-order valence-corrected chi connectivity index (χ1v) is 47.6. The third kappa shape index (κ3) is 12.0. The van der Waals surface area contributed by atoms with Gasteiger partial charge in [-0.15, -0.1) is 0 Å². The Morgan fingerprint density at radius 2 is 0.397 bits per heavy atom. The maximum atomic E-state index is 7.17. The molecule has 0 fully saturated rings. The van der Waals surface area contributed by atoms with Crippen molar-refractivity contribution in [1.29, 1.82) is 0 Å². The fraction of sp³-hybridized carbons (Fsp3) is 0.231. The van der Waals surface area contributed by atoms with Crippen molar-refractivity contribution in [3.05, 3.63) is 337 Å². The first-order chi connectivity index (χ1) is 62.5. The minimum Gasteiger partial charge on any atom is -0.458 e. The van der Waals surface area contributed by atoms with Crippen LogP contribution in [0.2, 0.25) is 0 Å². The van der Waals surface area contributed by atoms with Gasteiger partial charge in [0.15, 0.2) is 0 Å². The van der Waals surface area contributed by atoms with Gasteiger partial charge in [-0.25, -0.2) is 0 Å². The Bertz CT molecular complexity index is 6700. The molecule has 0 saturated heterocycles. The van der Waals surface area contributed by atoms with Gasteiger partial charge in [0.05, 0.1) is 0 Å². The molecule has 0 radical (unpaired) electrons. The molecule has 0 unspecified atom stereocenters. The van der Waals surface area contributed by atoms with E-state index in [0.29, 0.717) is 0 Å². The molecule has 0 spiro atoms. The lowest BCUT2D eigenvalue weighted by Crippen LogP contribution is -2.61. The smallest absolute Gasteiger partial charge is 0.261 e. The van der Waals surface area contributed by atoms with Crippen LogP contribution in [0.1, 0.15) is 225 Å². The highest BCUT2D eigenvalue weighted by Gasteiger charge is 2.53. The zero-order chi connectivity index (χ0) is 87.4. The number of ether oxygens (including phenoxy) is 6. The van der Waals surface area contributed by atoms with Gasteiger partial charge in [-0.1, -0.05) is 325 Å². The molecule has 30 rings (SSSR count). The minimum atomic E-state index is 0.151. The third-order valence-electron chi connectivity index (χ3n) is 27.1. The fourth-order valence-electron chi connectivity index (χ4n) is 22.9. The van der Waals surface area contributed by atoms with Gasteiger partial charge in [-0.2, -0.15) is 0 Å². The van der Waals surface area contributed by atoms with Gasteiger partial charge in [0.25, 0.3) is 20.1 Å². The van der Waals surface area contributed by atoms with Gasteiger partial charge in [0.1, 0.15) is 69.0 Å². The van der Waals surface area contributed by atoms with Crippen LogP contribution in [0.5, 0.6) is 69.0 Å². The second-order valence-electron chi connectivity index (χ2n) is 32.3. The van der Waals surface area contributed by atoms with E-state index in [0.717, 1.165) is 127 Å². The minimum absolute atomic E-state index is 0.151. The summed E-state index contributed by atoms with van der Waals surface area (Å²) in [5, 5.41) is 0. The Labute approximate surface area is 747 Å². The van der Waals surface area contributed by atoms with E-state index in [-0.39, 0.29) is 20.1 Å². The maximum Gasteiger partial charge on any atom is 0.261 e. The Morgan fingerprint density at radius 1 is 0.159 bits per heavy atom. The van der Waals surface area contributed by atoms with Crippen molar-refractivity contribution in [2.45, 2.75) is 182 Å². The van der Waals surface area contributed by atoms with Gasteiger partial charge in [0.2, 0.25) is 0 Å². The molecule has 624 valence electrons. The predicted octanol–water partition coefficient (Wildman–Crippen LogP) is 25.6. The number of benzene rings is 15. The van der Waals surface area contributed by atoms with Crippen LogP contribution in [0.25, 0.3) is 66.8 Å². The first kappa shape index (κ1) is 82.9. The molecule has 0 amide bonds. The van der Waals surface area contributed by atoms with E-state index in [9.17, 15) is 0 Å². The summed E-state index contributed by atoms with van der Waals surface area (Å²) in [5.74, 6) is 12.2. The molecular formula is C117H111B3O6.